The molecule has 0 unspecified atom stereocenters. The zero-order valence-corrected chi connectivity index (χ0v) is 13.4. The van der Waals surface area contributed by atoms with Crippen LogP contribution in [0.4, 0.5) is 0 Å². The van der Waals surface area contributed by atoms with Crippen LogP contribution in [-0.2, 0) is 9.53 Å². The highest BCUT2D eigenvalue weighted by atomic mass is 16.5. The Morgan fingerprint density at radius 3 is 2.80 bits per heavy atom. The molecular weight excluding hydrogens is 250 g/mol. The maximum atomic E-state index is 11.7. The Hall–Kier alpha value is -0.570. The molecule has 1 saturated heterocycles. The van der Waals surface area contributed by atoms with E-state index >= 15 is 0 Å². The van der Waals surface area contributed by atoms with Crippen molar-refractivity contribution in [2.45, 2.75) is 71.9 Å². The van der Waals surface area contributed by atoms with Crippen molar-refractivity contribution in [3.63, 3.8) is 0 Å². The zero-order chi connectivity index (χ0) is 14.5. The number of hydrogen-bond donors (Lipinski definition) is 1. The average molecular weight is 279 g/mol. The van der Waals surface area contributed by atoms with E-state index in [4.69, 9.17) is 4.74 Å². The molecule has 1 aliphatic heterocycles. The fraction of sp³-hybridized carbons (Fsp3) is 0.941. The third kappa shape index (κ3) is 1.85. The number of fused-ring (bicyclic) bond motifs is 1. The number of carbonyl (C=O) groups is 1. The van der Waals surface area contributed by atoms with Gasteiger partial charge in [0.2, 0.25) is 5.91 Å². The van der Waals surface area contributed by atoms with Crippen LogP contribution >= 0.6 is 0 Å². The molecule has 114 valence electrons. The Labute approximate surface area is 122 Å². The standard InChI is InChI=1S/C17H29NO2/c1-5-6-14-13-9-12-10-17(13,7-8-20-14)15(16(12,3)4)18-11(2)19/h12-15H,5-10H2,1-4H3,(H,18,19)/t12-,13-,14-,15+,17-/m1/s1. The number of amides is 1. The minimum atomic E-state index is 0.127. The Balaban J connectivity index is 1.92. The molecule has 20 heavy (non-hydrogen) atoms. The molecule has 0 aromatic carbocycles. The molecule has 0 radical (unpaired) electrons. The first-order valence-electron chi connectivity index (χ1n) is 8.30. The molecule has 1 spiro atoms. The number of ether oxygens (including phenoxy) is 1. The van der Waals surface area contributed by atoms with Crippen molar-refractivity contribution in [1.82, 2.24) is 5.32 Å². The van der Waals surface area contributed by atoms with Gasteiger partial charge in [-0.2, -0.15) is 0 Å². The molecular formula is C17H29NO2. The lowest BCUT2D eigenvalue weighted by Gasteiger charge is -2.53. The normalized spacial score (nSPS) is 45.2. The van der Waals surface area contributed by atoms with E-state index < -0.39 is 0 Å². The van der Waals surface area contributed by atoms with E-state index in [0.29, 0.717) is 23.5 Å². The quantitative estimate of drug-likeness (QED) is 0.862. The average Bonchev–Trinajstić information content (AvgIpc) is 2.84. The van der Waals surface area contributed by atoms with Crippen LogP contribution in [-0.4, -0.2) is 24.7 Å². The molecule has 5 atom stereocenters. The summed E-state index contributed by atoms with van der Waals surface area (Å²) in [4.78, 5) is 11.7. The van der Waals surface area contributed by atoms with Crippen molar-refractivity contribution in [2.75, 3.05) is 6.61 Å². The molecule has 1 amide bonds. The molecule has 3 heteroatoms. The Morgan fingerprint density at radius 2 is 2.15 bits per heavy atom. The van der Waals surface area contributed by atoms with E-state index in [-0.39, 0.29) is 11.3 Å². The van der Waals surface area contributed by atoms with Crippen LogP contribution < -0.4 is 5.32 Å². The number of carbonyl (C=O) groups excluding carboxylic acids is 1. The van der Waals surface area contributed by atoms with Crippen molar-refractivity contribution in [3.8, 4) is 0 Å². The molecule has 2 aliphatic carbocycles. The van der Waals surface area contributed by atoms with E-state index in [1.165, 1.54) is 25.7 Å². The van der Waals surface area contributed by atoms with Gasteiger partial charge in [-0.3, -0.25) is 4.79 Å². The van der Waals surface area contributed by atoms with Gasteiger partial charge < -0.3 is 10.1 Å². The van der Waals surface area contributed by atoms with Crippen LogP contribution in [0.15, 0.2) is 0 Å². The molecule has 0 aromatic rings. The number of nitrogens with one attached hydrogen (secondary N) is 1. The topological polar surface area (TPSA) is 38.3 Å². The van der Waals surface area contributed by atoms with Gasteiger partial charge in [0.15, 0.2) is 0 Å². The van der Waals surface area contributed by atoms with Crippen LogP contribution in [0.1, 0.15) is 59.8 Å². The smallest absolute Gasteiger partial charge is 0.217 e. The summed E-state index contributed by atoms with van der Waals surface area (Å²) in [6, 6.07) is 0.333. The number of rotatable bonds is 3. The highest BCUT2D eigenvalue weighted by molar-refractivity contribution is 5.73. The second kappa shape index (κ2) is 4.72. The minimum Gasteiger partial charge on any atom is -0.378 e. The van der Waals surface area contributed by atoms with E-state index in [2.05, 4.69) is 26.1 Å². The van der Waals surface area contributed by atoms with Crippen molar-refractivity contribution in [3.05, 3.63) is 0 Å². The highest BCUT2D eigenvalue weighted by Crippen LogP contribution is 2.68. The molecule has 2 bridgehead atoms. The van der Waals surface area contributed by atoms with E-state index in [0.717, 1.165) is 18.9 Å². The lowest BCUT2D eigenvalue weighted by molar-refractivity contribution is -0.135. The van der Waals surface area contributed by atoms with Gasteiger partial charge in [0.05, 0.1) is 6.10 Å². The SMILES string of the molecule is CCC[C@H]1OCC[C@@]23C[C@@H](C[C@H]12)C(C)(C)[C@@H]3NC(C)=O. The third-order valence-electron chi connectivity index (χ3n) is 6.54. The van der Waals surface area contributed by atoms with Crippen LogP contribution in [0.2, 0.25) is 0 Å². The van der Waals surface area contributed by atoms with E-state index in [1.807, 2.05) is 0 Å². The van der Waals surface area contributed by atoms with Crippen molar-refractivity contribution in [2.24, 2.45) is 22.7 Å². The minimum absolute atomic E-state index is 0.127. The van der Waals surface area contributed by atoms with Crippen LogP contribution in [0.3, 0.4) is 0 Å². The molecule has 3 fully saturated rings. The third-order valence-corrected chi connectivity index (χ3v) is 6.54. The highest BCUT2D eigenvalue weighted by Gasteiger charge is 2.68. The van der Waals surface area contributed by atoms with Crippen LogP contribution in [0.25, 0.3) is 0 Å². The summed E-state index contributed by atoms with van der Waals surface area (Å²) < 4.78 is 6.09. The van der Waals surface area contributed by atoms with Crippen LogP contribution in [0.5, 0.6) is 0 Å². The Bertz CT molecular complexity index is 404. The fourth-order valence-electron chi connectivity index (χ4n) is 5.68. The largest absolute Gasteiger partial charge is 0.378 e. The van der Waals surface area contributed by atoms with Gasteiger partial charge in [0.25, 0.3) is 0 Å². The molecule has 2 saturated carbocycles. The maximum Gasteiger partial charge on any atom is 0.217 e. The summed E-state index contributed by atoms with van der Waals surface area (Å²) in [5.41, 5.74) is 0.536. The molecule has 3 nitrogen and oxygen atoms in total. The summed E-state index contributed by atoms with van der Waals surface area (Å²) in [5, 5.41) is 3.32. The van der Waals surface area contributed by atoms with Crippen LogP contribution in [0, 0.1) is 22.7 Å². The summed E-state index contributed by atoms with van der Waals surface area (Å²) >= 11 is 0. The van der Waals surface area contributed by atoms with Gasteiger partial charge in [-0.1, -0.05) is 27.2 Å². The first-order valence-corrected chi connectivity index (χ1v) is 8.30. The molecule has 0 aromatic heterocycles. The van der Waals surface area contributed by atoms with Gasteiger partial charge in [-0.25, -0.2) is 0 Å². The first-order chi connectivity index (χ1) is 9.41. The first kappa shape index (κ1) is 14.4. The van der Waals surface area contributed by atoms with Crippen molar-refractivity contribution >= 4 is 5.91 Å². The molecule has 3 aliphatic rings. The lowest BCUT2D eigenvalue weighted by atomic mass is 9.59. The van der Waals surface area contributed by atoms with Crippen molar-refractivity contribution in [1.29, 1.82) is 0 Å². The molecule has 3 rings (SSSR count). The lowest BCUT2D eigenvalue weighted by Crippen LogP contribution is -2.60. The van der Waals surface area contributed by atoms with E-state index in [1.54, 1.807) is 6.92 Å². The summed E-state index contributed by atoms with van der Waals surface area (Å²) in [6.45, 7) is 9.49. The van der Waals surface area contributed by atoms with Gasteiger partial charge >= 0.3 is 0 Å². The predicted molar refractivity (Wildman–Crippen MR) is 79.3 cm³/mol. The van der Waals surface area contributed by atoms with Crippen molar-refractivity contribution < 1.29 is 9.53 Å². The van der Waals surface area contributed by atoms with Gasteiger partial charge in [-0.15, -0.1) is 0 Å². The summed E-state index contributed by atoms with van der Waals surface area (Å²) in [7, 11) is 0. The summed E-state index contributed by atoms with van der Waals surface area (Å²) in [6.07, 6.45) is 6.50. The molecule has 1 heterocycles. The fourth-order valence-corrected chi connectivity index (χ4v) is 5.68. The second-order valence-electron chi connectivity index (χ2n) is 7.88. The Kier molecular flexibility index (Phi) is 3.39. The van der Waals surface area contributed by atoms with Gasteiger partial charge in [-0.05, 0) is 48.3 Å². The second-order valence-corrected chi connectivity index (χ2v) is 7.88. The summed E-state index contributed by atoms with van der Waals surface area (Å²) in [5.74, 6) is 1.53. The maximum absolute atomic E-state index is 11.7. The predicted octanol–water partition coefficient (Wildman–Crippen LogP) is 3.13. The van der Waals surface area contributed by atoms with Gasteiger partial charge in [0.1, 0.15) is 0 Å². The molecule has 1 N–H and O–H groups in total. The Morgan fingerprint density at radius 1 is 1.40 bits per heavy atom. The monoisotopic (exact) mass is 279 g/mol. The van der Waals surface area contributed by atoms with Gasteiger partial charge in [0, 0.05) is 19.6 Å². The zero-order valence-electron chi connectivity index (χ0n) is 13.4. The van der Waals surface area contributed by atoms with E-state index in [9.17, 15) is 4.79 Å². The number of hydrogen-bond acceptors (Lipinski definition) is 2.